The van der Waals surface area contributed by atoms with Gasteiger partial charge >= 0.3 is 0 Å². The molecule has 0 saturated heterocycles. The Morgan fingerprint density at radius 3 is 1.83 bits per heavy atom. The van der Waals surface area contributed by atoms with E-state index in [1.165, 1.54) is 5.56 Å². The van der Waals surface area contributed by atoms with Crippen molar-refractivity contribution in [3.63, 3.8) is 0 Å². The van der Waals surface area contributed by atoms with Crippen molar-refractivity contribution in [3.8, 4) is 5.75 Å². The van der Waals surface area contributed by atoms with E-state index in [1.807, 2.05) is 0 Å². The van der Waals surface area contributed by atoms with Crippen molar-refractivity contribution in [2.45, 2.75) is 58.8 Å². The highest BCUT2D eigenvalue weighted by atomic mass is 16.3. The molecule has 0 aromatic heterocycles. The van der Waals surface area contributed by atoms with Gasteiger partial charge in [-0.1, -0.05) is 39.8 Å². The minimum Gasteiger partial charge on any atom is -0.507 e. The van der Waals surface area contributed by atoms with Crippen molar-refractivity contribution < 1.29 is 10.2 Å². The molecule has 1 aromatic carbocycles. The number of hydrogen-bond donors (Lipinski definition) is 2. The van der Waals surface area contributed by atoms with Gasteiger partial charge in [-0.3, -0.25) is 0 Å². The van der Waals surface area contributed by atoms with E-state index in [4.69, 9.17) is 5.11 Å². The standard InChI is InChI=1S/C16H26O2/c1-11(2)14-9-13(7-5-6-8-17)10-15(12(3)4)16(14)18/h9-12,17-18H,5-8H2,1-4H3. The number of aliphatic hydroxyl groups excluding tert-OH is 1. The van der Waals surface area contributed by atoms with Crippen LogP contribution in [0.3, 0.4) is 0 Å². The van der Waals surface area contributed by atoms with Gasteiger partial charge in [0.25, 0.3) is 0 Å². The molecule has 0 amide bonds. The zero-order chi connectivity index (χ0) is 13.7. The van der Waals surface area contributed by atoms with Crippen molar-refractivity contribution in [2.75, 3.05) is 6.61 Å². The molecule has 0 radical (unpaired) electrons. The van der Waals surface area contributed by atoms with Crippen LogP contribution in [0.5, 0.6) is 5.75 Å². The van der Waals surface area contributed by atoms with Crippen LogP contribution in [0.4, 0.5) is 0 Å². The van der Waals surface area contributed by atoms with Crippen LogP contribution in [-0.4, -0.2) is 16.8 Å². The number of aliphatic hydroxyl groups is 1. The topological polar surface area (TPSA) is 40.5 Å². The van der Waals surface area contributed by atoms with Gasteiger partial charge in [0.15, 0.2) is 0 Å². The molecule has 0 atom stereocenters. The quantitative estimate of drug-likeness (QED) is 0.750. The lowest BCUT2D eigenvalue weighted by atomic mass is 9.90. The van der Waals surface area contributed by atoms with Gasteiger partial charge in [-0.15, -0.1) is 0 Å². The molecule has 0 unspecified atom stereocenters. The fourth-order valence-electron chi connectivity index (χ4n) is 2.21. The third kappa shape index (κ3) is 3.74. The molecular weight excluding hydrogens is 224 g/mol. The van der Waals surface area contributed by atoms with E-state index in [1.54, 1.807) is 0 Å². The number of aromatic hydroxyl groups is 1. The summed E-state index contributed by atoms with van der Waals surface area (Å²) in [4.78, 5) is 0. The van der Waals surface area contributed by atoms with Crippen LogP contribution in [-0.2, 0) is 6.42 Å². The van der Waals surface area contributed by atoms with E-state index in [0.29, 0.717) is 17.6 Å². The molecular formula is C16H26O2. The Kier molecular flexibility index (Phi) is 5.67. The predicted molar refractivity (Wildman–Crippen MR) is 76.3 cm³/mol. The Balaban J connectivity index is 3.05. The maximum Gasteiger partial charge on any atom is 0.122 e. The van der Waals surface area contributed by atoms with Gasteiger partial charge in [0.1, 0.15) is 5.75 Å². The third-order valence-corrected chi connectivity index (χ3v) is 3.35. The number of aryl methyl sites for hydroxylation is 1. The first-order valence-corrected chi connectivity index (χ1v) is 6.93. The van der Waals surface area contributed by atoms with Crippen LogP contribution in [0.15, 0.2) is 12.1 Å². The number of benzene rings is 1. The molecule has 0 saturated carbocycles. The van der Waals surface area contributed by atoms with Gasteiger partial charge in [0, 0.05) is 6.61 Å². The first-order valence-electron chi connectivity index (χ1n) is 6.93. The molecule has 0 aliphatic carbocycles. The first kappa shape index (κ1) is 15.0. The smallest absolute Gasteiger partial charge is 0.122 e. The highest BCUT2D eigenvalue weighted by Gasteiger charge is 2.14. The van der Waals surface area contributed by atoms with Crippen molar-refractivity contribution in [3.05, 3.63) is 28.8 Å². The van der Waals surface area contributed by atoms with E-state index in [-0.39, 0.29) is 6.61 Å². The Morgan fingerprint density at radius 2 is 1.44 bits per heavy atom. The molecule has 2 nitrogen and oxygen atoms in total. The molecule has 18 heavy (non-hydrogen) atoms. The van der Waals surface area contributed by atoms with Crippen LogP contribution < -0.4 is 0 Å². The Hall–Kier alpha value is -1.02. The van der Waals surface area contributed by atoms with Crippen molar-refractivity contribution in [1.29, 1.82) is 0 Å². The average molecular weight is 250 g/mol. The molecule has 2 heteroatoms. The summed E-state index contributed by atoms with van der Waals surface area (Å²) in [5, 5.41) is 19.1. The van der Waals surface area contributed by atoms with E-state index in [9.17, 15) is 5.11 Å². The highest BCUT2D eigenvalue weighted by Crippen LogP contribution is 2.35. The van der Waals surface area contributed by atoms with Crippen LogP contribution in [0, 0.1) is 0 Å². The lowest BCUT2D eigenvalue weighted by molar-refractivity contribution is 0.284. The Bertz CT molecular complexity index is 352. The third-order valence-electron chi connectivity index (χ3n) is 3.35. The van der Waals surface area contributed by atoms with Gasteiger partial charge in [-0.2, -0.15) is 0 Å². The van der Waals surface area contributed by atoms with Gasteiger partial charge < -0.3 is 10.2 Å². The van der Waals surface area contributed by atoms with Crippen LogP contribution in [0.25, 0.3) is 0 Å². The SMILES string of the molecule is CC(C)c1cc(CCCCO)cc(C(C)C)c1O. The van der Waals surface area contributed by atoms with E-state index < -0.39 is 0 Å². The predicted octanol–water partition coefficient (Wildman–Crippen LogP) is 3.95. The Morgan fingerprint density at radius 1 is 0.944 bits per heavy atom. The molecule has 2 N–H and O–H groups in total. The number of unbranched alkanes of at least 4 members (excludes halogenated alkanes) is 1. The second-order valence-corrected chi connectivity index (χ2v) is 5.61. The largest absolute Gasteiger partial charge is 0.507 e. The average Bonchev–Trinajstić information content (AvgIpc) is 2.30. The molecule has 0 heterocycles. The van der Waals surface area contributed by atoms with E-state index in [2.05, 4.69) is 39.8 Å². The summed E-state index contributed by atoms with van der Waals surface area (Å²) >= 11 is 0. The molecule has 0 fully saturated rings. The van der Waals surface area contributed by atoms with Gasteiger partial charge in [0.05, 0.1) is 0 Å². The van der Waals surface area contributed by atoms with Gasteiger partial charge in [0.2, 0.25) is 0 Å². The molecule has 1 aromatic rings. The second kappa shape index (κ2) is 6.79. The maximum atomic E-state index is 10.3. The zero-order valence-corrected chi connectivity index (χ0v) is 12.0. The molecule has 102 valence electrons. The van der Waals surface area contributed by atoms with Crippen LogP contribution in [0.2, 0.25) is 0 Å². The molecule has 0 aliphatic heterocycles. The number of hydrogen-bond acceptors (Lipinski definition) is 2. The fourth-order valence-corrected chi connectivity index (χ4v) is 2.21. The zero-order valence-electron chi connectivity index (χ0n) is 12.0. The summed E-state index contributed by atoms with van der Waals surface area (Å²) in [7, 11) is 0. The number of rotatable bonds is 6. The monoisotopic (exact) mass is 250 g/mol. The van der Waals surface area contributed by atoms with Crippen molar-refractivity contribution >= 4 is 0 Å². The summed E-state index contributed by atoms with van der Waals surface area (Å²) in [6, 6.07) is 4.23. The maximum absolute atomic E-state index is 10.3. The highest BCUT2D eigenvalue weighted by molar-refractivity contribution is 5.46. The molecule has 1 rings (SSSR count). The van der Waals surface area contributed by atoms with Crippen LogP contribution in [0.1, 0.15) is 69.1 Å². The van der Waals surface area contributed by atoms with Crippen LogP contribution >= 0.6 is 0 Å². The van der Waals surface area contributed by atoms with Gasteiger partial charge in [-0.05, 0) is 47.8 Å². The minimum absolute atomic E-state index is 0.256. The normalized spacial score (nSPS) is 11.5. The summed E-state index contributed by atoms with van der Waals surface area (Å²) in [6.45, 7) is 8.69. The summed E-state index contributed by atoms with van der Waals surface area (Å²) in [5.74, 6) is 1.13. The van der Waals surface area contributed by atoms with Gasteiger partial charge in [-0.25, -0.2) is 0 Å². The Labute approximate surface area is 111 Å². The van der Waals surface area contributed by atoms with Crippen molar-refractivity contribution in [2.24, 2.45) is 0 Å². The first-order chi connectivity index (χ1) is 8.47. The number of phenols is 1. The fraction of sp³-hybridized carbons (Fsp3) is 0.625. The lowest BCUT2D eigenvalue weighted by Crippen LogP contribution is -1.99. The second-order valence-electron chi connectivity index (χ2n) is 5.61. The number of phenolic OH excluding ortho intramolecular Hbond substituents is 1. The summed E-state index contributed by atoms with van der Waals surface area (Å²) in [6.07, 6.45) is 2.81. The summed E-state index contributed by atoms with van der Waals surface area (Å²) < 4.78 is 0. The lowest BCUT2D eigenvalue weighted by Gasteiger charge is -2.17. The summed E-state index contributed by atoms with van der Waals surface area (Å²) in [5.41, 5.74) is 3.36. The van der Waals surface area contributed by atoms with E-state index in [0.717, 1.165) is 30.4 Å². The molecule has 0 spiro atoms. The molecule has 0 aliphatic rings. The molecule has 0 bridgehead atoms. The van der Waals surface area contributed by atoms with Crippen molar-refractivity contribution in [1.82, 2.24) is 0 Å². The minimum atomic E-state index is 0.256. The van der Waals surface area contributed by atoms with E-state index >= 15 is 0 Å².